The van der Waals surface area contributed by atoms with E-state index in [1.807, 2.05) is 30.5 Å². The van der Waals surface area contributed by atoms with Crippen LogP contribution in [0.1, 0.15) is 24.2 Å². The smallest absolute Gasteiger partial charge is 0.142 e. The van der Waals surface area contributed by atoms with E-state index in [1.54, 1.807) is 12.1 Å². The third-order valence-electron chi connectivity index (χ3n) is 3.96. The van der Waals surface area contributed by atoms with Crippen molar-refractivity contribution in [3.63, 3.8) is 0 Å². The second kappa shape index (κ2) is 8.10. The third-order valence-corrected chi connectivity index (χ3v) is 3.96. The number of hydrogen-bond donors (Lipinski definition) is 3. The number of aromatic nitrogens is 2. The number of pyridine rings is 2. The van der Waals surface area contributed by atoms with Crippen LogP contribution in [-0.2, 0) is 6.42 Å². The molecule has 3 aromatic rings. The molecule has 6 heteroatoms. The second-order valence-electron chi connectivity index (χ2n) is 5.71. The summed E-state index contributed by atoms with van der Waals surface area (Å²) in [4.78, 5) is 8.63. The largest absolute Gasteiger partial charge is 0.506 e. The first kappa shape index (κ1) is 16.7. The minimum Gasteiger partial charge on any atom is -0.506 e. The van der Waals surface area contributed by atoms with Gasteiger partial charge in [-0.05, 0) is 43.5 Å². The molecule has 3 N–H and O–H groups in total. The molecule has 25 heavy (non-hydrogen) atoms. The van der Waals surface area contributed by atoms with E-state index >= 15 is 0 Å². The number of rotatable bonds is 7. The van der Waals surface area contributed by atoms with Gasteiger partial charge >= 0.3 is 0 Å². The number of hydrogen-bond acceptors (Lipinski definition) is 6. The van der Waals surface area contributed by atoms with E-state index in [9.17, 15) is 5.11 Å². The lowest BCUT2D eigenvalue weighted by molar-refractivity contribution is 0.321. The quantitative estimate of drug-likeness (QED) is 0.265. The topological polar surface area (TPSA) is 90.6 Å². The highest BCUT2D eigenvalue weighted by atomic mass is 16.4. The van der Waals surface area contributed by atoms with E-state index in [0.717, 1.165) is 54.3 Å². The summed E-state index contributed by atoms with van der Waals surface area (Å²) in [5.41, 5.74) is 3.22. The van der Waals surface area contributed by atoms with Gasteiger partial charge in [-0.25, -0.2) is 4.98 Å². The molecule has 0 aliphatic heterocycles. The van der Waals surface area contributed by atoms with Crippen LogP contribution in [0.5, 0.6) is 5.75 Å². The van der Waals surface area contributed by atoms with Crippen LogP contribution in [0.3, 0.4) is 0 Å². The fourth-order valence-corrected chi connectivity index (χ4v) is 2.70. The van der Waals surface area contributed by atoms with Gasteiger partial charge in [0.25, 0.3) is 0 Å². The number of fused-ring (bicyclic) bond motifs is 1. The zero-order valence-electron chi connectivity index (χ0n) is 13.8. The lowest BCUT2D eigenvalue weighted by atomic mass is 10.1. The number of nitrogens with one attached hydrogen (secondary N) is 1. The van der Waals surface area contributed by atoms with E-state index in [-0.39, 0.29) is 11.4 Å². The van der Waals surface area contributed by atoms with Gasteiger partial charge in [-0.1, -0.05) is 23.4 Å². The van der Waals surface area contributed by atoms with Crippen molar-refractivity contribution in [2.75, 3.05) is 11.9 Å². The van der Waals surface area contributed by atoms with Crippen molar-refractivity contribution in [1.82, 2.24) is 9.97 Å². The molecule has 0 bridgehead atoms. The monoisotopic (exact) mass is 336 g/mol. The first-order chi connectivity index (χ1) is 12.3. The molecular weight excluding hydrogens is 316 g/mol. The molecule has 0 saturated carbocycles. The van der Waals surface area contributed by atoms with Crippen molar-refractivity contribution in [2.24, 2.45) is 5.16 Å². The summed E-state index contributed by atoms with van der Waals surface area (Å²) in [7, 11) is 0. The summed E-state index contributed by atoms with van der Waals surface area (Å²) in [5.74, 6) is 0.00721. The van der Waals surface area contributed by atoms with Crippen molar-refractivity contribution in [3.05, 3.63) is 60.0 Å². The number of aryl methyl sites for hydroxylation is 1. The van der Waals surface area contributed by atoms with E-state index in [2.05, 4.69) is 26.5 Å². The predicted molar refractivity (Wildman–Crippen MR) is 98.5 cm³/mol. The van der Waals surface area contributed by atoms with Gasteiger partial charge in [0.2, 0.25) is 0 Å². The van der Waals surface area contributed by atoms with Crippen LogP contribution < -0.4 is 5.32 Å². The van der Waals surface area contributed by atoms with Gasteiger partial charge < -0.3 is 15.6 Å². The molecule has 0 aliphatic rings. The van der Waals surface area contributed by atoms with E-state index in [0.29, 0.717) is 0 Å². The third kappa shape index (κ3) is 4.23. The Morgan fingerprint density at radius 3 is 2.84 bits per heavy atom. The Balaban J connectivity index is 1.51. The standard InChI is InChI=1S/C19H20N4O2/c24-19-9-8-14(23-18(19)13-22-25)5-3-4-11-20-17-10-12-21-16-7-2-1-6-15(16)17/h1-2,6-10,12-13,24-25H,3-5,11H2,(H,20,21)/b22-13-. The zero-order chi connectivity index (χ0) is 17.5. The van der Waals surface area contributed by atoms with Crippen LogP contribution in [-0.4, -0.2) is 33.0 Å². The van der Waals surface area contributed by atoms with Crippen molar-refractivity contribution in [3.8, 4) is 5.75 Å². The van der Waals surface area contributed by atoms with Gasteiger partial charge in [-0.15, -0.1) is 0 Å². The van der Waals surface area contributed by atoms with Crippen LogP contribution in [0.2, 0.25) is 0 Å². The number of unbranched alkanes of at least 4 members (excludes halogenated alkanes) is 1. The van der Waals surface area contributed by atoms with Crippen molar-refractivity contribution < 1.29 is 10.3 Å². The van der Waals surface area contributed by atoms with Crippen LogP contribution >= 0.6 is 0 Å². The van der Waals surface area contributed by atoms with Crippen molar-refractivity contribution >= 4 is 22.8 Å². The summed E-state index contributed by atoms with van der Waals surface area (Å²) in [6, 6.07) is 13.4. The van der Waals surface area contributed by atoms with Crippen molar-refractivity contribution in [1.29, 1.82) is 0 Å². The van der Waals surface area contributed by atoms with Crippen LogP contribution in [0.15, 0.2) is 53.8 Å². The molecule has 1 aromatic carbocycles. The molecule has 6 nitrogen and oxygen atoms in total. The summed E-state index contributed by atoms with van der Waals surface area (Å²) in [5, 5.41) is 25.7. The van der Waals surface area contributed by atoms with E-state index < -0.39 is 0 Å². The second-order valence-corrected chi connectivity index (χ2v) is 5.71. The highest BCUT2D eigenvalue weighted by Gasteiger charge is 2.04. The van der Waals surface area contributed by atoms with Gasteiger partial charge in [-0.3, -0.25) is 4.98 Å². The number of nitrogens with zero attached hydrogens (tertiary/aromatic N) is 3. The lowest BCUT2D eigenvalue weighted by Gasteiger charge is -2.09. The maximum absolute atomic E-state index is 9.61. The predicted octanol–water partition coefficient (Wildman–Crippen LogP) is 3.58. The van der Waals surface area contributed by atoms with Gasteiger partial charge in [0.1, 0.15) is 11.4 Å². The van der Waals surface area contributed by atoms with Crippen LogP contribution in [0.25, 0.3) is 10.9 Å². The molecule has 128 valence electrons. The highest BCUT2D eigenvalue weighted by Crippen LogP contribution is 2.21. The molecule has 3 rings (SSSR count). The summed E-state index contributed by atoms with van der Waals surface area (Å²) >= 11 is 0. The summed E-state index contributed by atoms with van der Waals surface area (Å²) < 4.78 is 0. The minimum atomic E-state index is 0.00721. The molecule has 0 atom stereocenters. The molecule has 2 aromatic heterocycles. The van der Waals surface area contributed by atoms with Crippen LogP contribution in [0, 0.1) is 0 Å². The Labute approximate surface area is 145 Å². The number of para-hydroxylation sites is 1. The first-order valence-corrected chi connectivity index (χ1v) is 8.22. The van der Waals surface area contributed by atoms with Gasteiger partial charge in [-0.2, -0.15) is 0 Å². The Hall–Kier alpha value is -3.15. The van der Waals surface area contributed by atoms with Gasteiger partial charge in [0.15, 0.2) is 0 Å². The Kier molecular flexibility index (Phi) is 5.41. The average Bonchev–Trinajstić information content (AvgIpc) is 2.64. The SMILES string of the molecule is O/N=C\c1nc(CCCCNc2ccnc3ccccc23)ccc1O. The number of benzene rings is 1. The molecular formula is C19H20N4O2. The number of oxime groups is 1. The highest BCUT2D eigenvalue weighted by molar-refractivity contribution is 5.90. The summed E-state index contributed by atoms with van der Waals surface area (Å²) in [6.45, 7) is 0.858. The number of aromatic hydroxyl groups is 1. The lowest BCUT2D eigenvalue weighted by Crippen LogP contribution is -2.03. The first-order valence-electron chi connectivity index (χ1n) is 8.22. The average molecular weight is 336 g/mol. The molecule has 0 amide bonds. The van der Waals surface area contributed by atoms with E-state index in [4.69, 9.17) is 5.21 Å². The Morgan fingerprint density at radius 2 is 1.96 bits per heavy atom. The molecule has 2 heterocycles. The Morgan fingerprint density at radius 1 is 1.08 bits per heavy atom. The molecule has 0 aliphatic carbocycles. The number of anilines is 1. The zero-order valence-corrected chi connectivity index (χ0v) is 13.8. The molecule has 0 saturated heterocycles. The normalized spacial score (nSPS) is 11.2. The minimum absolute atomic E-state index is 0.00721. The summed E-state index contributed by atoms with van der Waals surface area (Å²) in [6.07, 6.45) is 5.70. The molecule has 0 unspecified atom stereocenters. The van der Waals surface area contributed by atoms with Gasteiger partial charge in [0.05, 0.1) is 11.7 Å². The molecule has 0 radical (unpaired) electrons. The van der Waals surface area contributed by atoms with E-state index in [1.165, 1.54) is 0 Å². The van der Waals surface area contributed by atoms with Crippen molar-refractivity contribution in [2.45, 2.75) is 19.3 Å². The fourth-order valence-electron chi connectivity index (χ4n) is 2.70. The maximum Gasteiger partial charge on any atom is 0.142 e. The molecule has 0 fully saturated rings. The van der Waals surface area contributed by atoms with Gasteiger partial charge in [0, 0.05) is 29.5 Å². The maximum atomic E-state index is 9.61. The molecule has 0 spiro atoms. The van der Waals surface area contributed by atoms with Crippen LogP contribution in [0.4, 0.5) is 5.69 Å². The fraction of sp³-hybridized carbons (Fsp3) is 0.211. The Bertz CT molecular complexity index is 875.